The van der Waals surface area contributed by atoms with Gasteiger partial charge in [0.25, 0.3) is 5.91 Å². The number of aliphatic carboxylic acids is 1. The van der Waals surface area contributed by atoms with Crippen LogP contribution in [0.3, 0.4) is 0 Å². The number of carboxylic acids is 1. The molecular formula is C23H28N4O7S. The van der Waals surface area contributed by atoms with E-state index in [9.17, 15) is 29.1 Å². The molecule has 4 atom stereocenters. The zero-order valence-electron chi connectivity index (χ0n) is 19.7. The number of fused-ring (bicyclic) bond motifs is 1. The highest BCUT2D eigenvalue weighted by molar-refractivity contribution is 8.00. The Kier molecular flexibility index (Phi) is 7.73. The predicted molar refractivity (Wildman–Crippen MR) is 127 cm³/mol. The van der Waals surface area contributed by atoms with Gasteiger partial charge in [0.1, 0.15) is 22.7 Å². The summed E-state index contributed by atoms with van der Waals surface area (Å²) in [4.78, 5) is 63.7. The molecule has 0 radical (unpaired) electrons. The van der Waals surface area contributed by atoms with Crippen molar-refractivity contribution in [2.45, 2.75) is 56.0 Å². The number of benzene rings is 1. The maximum atomic E-state index is 13.3. The van der Waals surface area contributed by atoms with Gasteiger partial charge in [-0.1, -0.05) is 30.3 Å². The molecule has 1 saturated heterocycles. The van der Waals surface area contributed by atoms with E-state index in [2.05, 4.69) is 16.0 Å². The quantitative estimate of drug-likeness (QED) is 0.245. The zero-order chi connectivity index (χ0) is 25.9. The first-order valence-electron chi connectivity index (χ1n) is 11.0. The molecule has 2 heterocycles. The number of hydrogen-bond donors (Lipinski definition) is 4. The molecule has 1 fully saturated rings. The van der Waals surface area contributed by atoms with Crippen LogP contribution in [0, 0.1) is 0 Å². The molecule has 35 heavy (non-hydrogen) atoms. The van der Waals surface area contributed by atoms with E-state index in [1.54, 1.807) is 58.0 Å². The van der Waals surface area contributed by atoms with E-state index in [-0.39, 0.29) is 5.70 Å². The molecule has 2 aliphatic heterocycles. The van der Waals surface area contributed by atoms with Gasteiger partial charge in [-0.05, 0) is 39.3 Å². The Morgan fingerprint density at radius 2 is 1.80 bits per heavy atom. The lowest BCUT2D eigenvalue weighted by Crippen LogP contribution is -2.71. The number of urea groups is 1. The average Bonchev–Trinajstić information content (AvgIpc) is 2.76. The van der Waals surface area contributed by atoms with Crippen LogP contribution in [0.25, 0.3) is 0 Å². The molecule has 12 heteroatoms. The molecule has 3 unspecified atom stereocenters. The molecule has 1 aromatic carbocycles. The fourth-order valence-electron chi connectivity index (χ4n) is 3.63. The summed E-state index contributed by atoms with van der Waals surface area (Å²) in [7, 11) is 0. The number of carbonyl (C=O) groups excluding carboxylic acids is 4. The molecule has 11 nitrogen and oxygen atoms in total. The standard InChI is InChI=1S/C23H28N4O7S/c1-5-24-22(33)25-14-11-13(20(30)31)27-18(29)16(19(27)35-14)26-17(28)15(12-9-7-6-8-10-12)21(32)34-23(2,3)4/h6-11,14-16,19H,5H2,1-4H3,(H,26,28)(H,30,31)(H2,24,25,33)/t14?,15?,16?,19-/m1/s1. The highest BCUT2D eigenvalue weighted by Gasteiger charge is 2.55. The molecule has 0 aliphatic carbocycles. The van der Waals surface area contributed by atoms with Crippen LogP contribution in [0.1, 0.15) is 39.2 Å². The number of carboxylic acid groups (broad SMARTS) is 1. The maximum Gasteiger partial charge on any atom is 0.352 e. The summed E-state index contributed by atoms with van der Waals surface area (Å²) in [6.07, 6.45) is 1.27. The molecule has 2 aliphatic rings. The Labute approximate surface area is 206 Å². The van der Waals surface area contributed by atoms with Gasteiger partial charge in [-0.25, -0.2) is 9.59 Å². The Bertz CT molecular complexity index is 1050. The summed E-state index contributed by atoms with van der Waals surface area (Å²) in [5, 5.41) is 15.8. The van der Waals surface area contributed by atoms with Crippen LogP contribution in [-0.4, -0.2) is 68.7 Å². The highest BCUT2D eigenvalue weighted by Crippen LogP contribution is 2.40. The first-order valence-corrected chi connectivity index (χ1v) is 11.9. The highest BCUT2D eigenvalue weighted by atomic mass is 32.2. The SMILES string of the molecule is CCNC(=O)NC1C=C(C(=O)O)N2C(=O)C(NC(=O)C(C(=O)OC(C)(C)C)c3ccccc3)[C@H]2S1. The minimum Gasteiger partial charge on any atom is -0.477 e. The lowest BCUT2D eigenvalue weighted by atomic mass is 9.96. The van der Waals surface area contributed by atoms with Crippen molar-refractivity contribution < 1.29 is 33.8 Å². The largest absolute Gasteiger partial charge is 0.477 e. The third-order valence-corrected chi connectivity index (χ3v) is 6.37. The van der Waals surface area contributed by atoms with Crippen molar-refractivity contribution in [3.05, 3.63) is 47.7 Å². The molecular weight excluding hydrogens is 476 g/mol. The molecule has 3 rings (SSSR count). The van der Waals surface area contributed by atoms with Gasteiger partial charge < -0.3 is 25.8 Å². The Morgan fingerprint density at radius 3 is 2.37 bits per heavy atom. The average molecular weight is 505 g/mol. The Morgan fingerprint density at radius 1 is 1.14 bits per heavy atom. The van der Waals surface area contributed by atoms with Gasteiger partial charge in [0.15, 0.2) is 5.92 Å². The van der Waals surface area contributed by atoms with Crippen molar-refractivity contribution in [3.63, 3.8) is 0 Å². The second-order valence-electron chi connectivity index (χ2n) is 8.88. The minimum atomic E-state index is -1.34. The maximum absolute atomic E-state index is 13.3. The smallest absolute Gasteiger partial charge is 0.352 e. The number of ether oxygens (including phenoxy) is 1. The van der Waals surface area contributed by atoms with Crippen molar-refractivity contribution in [2.75, 3.05) is 6.54 Å². The predicted octanol–water partition coefficient (Wildman–Crippen LogP) is 1.13. The van der Waals surface area contributed by atoms with E-state index < -0.39 is 58.1 Å². The monoisotopic (exact) mass is 504 g/mol. The third-order valence-electron chi connectivity index (χ3n) is 5.06. The van der Waals surface area contributed by atoms with E-state index in [4.69, 9.17) is 4.74 Å². The van der Waals surface area contributed by atoms with Crippen LogP contribution in [0.5, 0.6) is 0 Å². The molecule has 0 aromatic heterocycles. The number of amides is 4. The summed E-state index contributed by atoms with van der Waals surface area (Å²) < 4.78 is 5.43. The van der Waals surface area contributed by atoms with Gasteiger partial charge in [0.05, 0.1) is 5.37 Å². The molecule has 188 valence electrons. The lowest BCUT2D eigenvalue weighted by Gasteiger charge is -2.49. The van der Waals surface area contributed by atoms with Crippen molar-refractivity contribution in [1.82, 2.24) is 20.9 Å². The van der Waals surface area contributed by atoms with Gasteiger partial charge in [-0.2, -0.15) is 0 Å². The zero-order valence-corrected chi connectivity index (χ0v) is 20.5. The summed E-state index contributed by atoms with van der Waals surface area (Å²) >= 11 is 1.10. The number of β-lactam (4-membered cyclic amide) rings is 1. The van der Waals surface area contributed by atoms with Crippen LogP contribution in [0.4, 0.5) is 4.79 Å². The second-order valence-corrected chi connectivity index (χ2v) is 10.1. The summed E-state index contributed by atoms with van der Waals surface area (Å²) in [5.41, 5.74) is -0.745. The van der Waals surface area contributed by atoms with Crippen LogP contribution >= 0.6 is 11.8 Å². The minimum absolute atomic E-state index is 0.294. The topological polar surface area (TPSA) is 154 Å². The summed E-state index contributed by atoms with van der Waals surface area (Å²) in [6, 6.07) is 6.71. The van der Waals surface area contributed by atoms with Crippen LogP contribution in [0.15, 0.2) is 42.1 Å². The number of rotatable bonds is 7. The van der Waals surface area contributed by atoms with E-state index in [1.807, 2.05) is 0 Å². The van der Waals surface area contributed by atoms with Crippen molar-refractivity contribution in [2.24, 2.45) is 0 Å². The van der Waals surface area contributed by atoms with Gasteiger partial charge in [0, 0.05) is 6.54 Å². The van der Waals surface area contributed by atoms with E-state index >= 15 is 0 Å². The van der Waals surface area contributed by atoms with E-state index in [0.29, 0.717) is 12.1 Å². The first kappa shape index (κ1) is 26.1. The molecule has 1 aromatic rings. The number of nitrogens with one attached hydrogen (secondary N) is 3. The van der Waals surface area contributed by atoms with E-state index in [0.717, 1.165) is 16.7 Å². The Hall–Kier alpha value is -3.54. The Balaban J connectivity index is 1.82. The molecule has 4 N–H and O–H groups in total. The fourth-order valence-corrected chi connectivity index (χ4v) is 5.00. The van der Waals surface area contributed by atoms with Crippen LogP contribution in [-0.2, 0) is 23.9 Å². The lowest BCUT2D eigenvalue weighted by molar-refractivity contribution is -0.160. The number of thioether (sulfide) groups is 1. The van der Waals surface area contributed by atoms with Crippen molar-refractivity contribution in [1.29, 1.82) is 0 Å². The van der Waals surface area contributed by atoms with Crippen molar-refractivity contribution in [3.8, 4) is 0 Å². The van der Waals surface area contributed by atoms with Crippen LogP contribution in [0.2, 0.25) is 0 Å². The number of carbonyl (C=O) groups is 5. The molecule has 0 spiro atoms. The van der Waals surface area contributed by atoms with Gasteiger partial charge in [-0.15, -0.1) is 11.8 Å². The normalized spacial score (nSPS) is 22.1. The number of nitrogens with zero attached hydrogens (tertiary/aromatic N) is 1. The van der Waals surface area contributed by atoms with Gasteiger partial charge >= 0.3 is 18.0 Å². The number of esters is 1. The van der Waals surface area contributed by atoms with Crippen LogP contribution < -0.4 is 16.0 Å². The van der Waals surface area contributed by atoms with Gasteiger partial charge in [0.2, 0.25) is 5.91 Å². The fraction of sp³-hybridized carbons (Fsp3) is 0.435. The third kappa shape index (κ3) is 5.94. The first-order chi connectivity index (χ1) is 16.4. The van der Waals surface area contributed by atoms with E-state index in [1.165, 1.54) is 6.08 Å². The van der Waals surface area contributed by atoms with Crippen molar-refractivity contribution >= 4 is 41.5 Å². The number of hydrogen-bond acceptors (Lipinski definition) is 7. The second kappa shape index (κ2) is 10.4. The molecule has 0 bridgehead atoms. The molecule has 0 saturated carbocycles. The van der Waals surface area contributed by atoms with Gasteiger partial charge in [-0.3, -0.25) is 19.3 Å². The molecule has 4 amide bonds. The summed E-state index contributed by atoms with van der Waals surface area (Å²) in [5.74, 6) is -4.82. The summed E-state index contributed by atoms with van der Waals surface area (Å²) in [6.45, 7) is 7.14.